The van der Waals surface area contributed by atoms with Crippen molar-refractivity contribution in [1.29, 1.82) is 0 Å². The Bertz CT molecular complexity index is 215. The largest absolute Gasteiger partial charge is 0.480 e. The third-order valence-electron chi connectivity index (χ3n) is 3.27. The Hall–Kier alpha value is -0.650. The summed E-state index contributed by atoms with van der Waals surface area (Å²) >= 11 is 0. The molecule has 1 fully saturated rings. The SMILES string of the molecule is CNC(CNCC1CCN(C)CC1)C(=O)O. The molecular weight excluding hydrogens is 206 g/mol. The van der Waals surface area contributed by atoms with E-state index < -0.39 is 12.0 Å². The summed E-state index contributed by atoms with van der Waals surface area (Å²) in [5, 5.41) is 14.9. The lowest BCUT2D eigenvalue weighted by atomic mass is 9.97. The van der Waals surface area contributed by atoms with E-state index in [0.29, 0.717) is 12.5 Å². The fourth-order valence-corrected chi connectivity index (χ4v) is 2.01. The number of carboxylic acid groups (broad SMARTS) is 1. The predicted octanol–water partition coefficient (Wildman–Crippen LogP) is -0.410. The molecule has 3 N–H and O–H groups in total. The molecule has 1 unspecified atom stereocenters. The number of carboxylic acids is 1. The van der Waals surface area contributed by atoms with Crippen molar-refractivity contribution in [3.63, 3.8) is 0 Å². The van der Waals surface area contributed by atoms with E-state index in [4.69, 9.17) is 5.11 Å². The molecule has 0 amide bonds. The van der Waals surface area contributed by atoms with Crippen LogP contribution >= 0.6 is 0 Å². The van der Waals surface area contributed by atoms with Gasteiger partial charge in [-0.15, -0.1) is 0 Å². The van der Waals surface area contributed by atoms with Crippen LogP contribution < -0.4 is 10.6 Å². The van der Waals surface area contributed by atoms with Crippen LogP contribution in [0.2, 0.25) is 0 Å². The molecule has 1 rings (SSSR count). The molecule has 5 heteroatoms. The fourth-order valence-electron chi connectivity index (χ4n) is 2.01. The summed E-state index contributed by atoms with van der Waals surface area (Å²) in [7, 11) is 3.82. The van der Waals surface area contributed by atoms with Gasteiger partial charge in [-0.25, -0.2) is 0 Å². The third-order valence-corrected chi connectivity index (χ3v) is 3.27. The molecule has 1 aliphatic heterocycles. The Labute approximate surface area is 97.2 Å². The molecule has 0 aromatic carbocycles. The first-order valence-electron chi connectivity index (χ1n) is 5.92. The van der Waals surface area contributed by atoms with Crippen molar-refractivity contribution in [2.75, 3.05) is 40.3 Å². The van der Waals surface area contributed by atoms with Gasteiger partial charge in [0.2, 0.25) is 0 Å². The molecule has 0 aromatic heterocycles. The van der Waals surface area contributed by atoms with Crippen LogP contribution in [-0.4, -0.2) is 62.3 Å². The van der Waals surface area contributed by atoms with Crippen LogP contribution in [0.4, 0.5) is 0 Å². The minimum absolute atomic E-state index is 0.480. The zero-order chi connectivity index (χ0) is 12.0. The van der Waals surface area contributed by atoms with Crippen molar-refractivity contribution < 1.29 is 9.90 Å². The van der Waals surface area contributed by atoms with Crippen LogP contribution in [0.5, 0.6) is 0 Å². The molecule has 5 nitrogen and oxygen atoms in total. The number of likely N-dealkylation sites (N-methyl/N-ethyl adjacent to an activating group) is 1. The molecule has 0 saturated carbocycles. The van der Waals surface area contributed by atoms with Crippen molar-refractivity contribution in [2.45, 2.75) is 18.9 Å². The summed E-state index contributed by atoms with van der Waals surface area (Å²) in [6, 6.07) is -0.480. The van der Waals surface area contributed by atoms with E-state index in [1.165, 1.54) is 12.8 Å². The second-order valence-electron chi connectivity index (χ2n) is 4.58. The number of aliphatic carboxylic acids is 1. The van der Waals surface area contributed by atoms with Crippen molar-refractivity contribution in [2.24, 2.45) is 5.92 Å². The second-order valence-corrected chi connectivity index (χ2v) is 4.58. The Morgan fingerprint density at radius 2 is 2.12 bits per heavy atom. The summed E-state index contributed by atoms with van der Waals surface area (Å²) in [6.07, 6.45) is 2.42. The van der Waals surface area contributed by atoms with Crippen molar-refractivity contribution >= 4 is 5.97 Å². The van der Waals surface area contributed by atoms with E-state index in [2.05, 4.69) is 22.6 Å². The van der Waals surface area contributed by atoms with Crippen molar-refractivity contribution in [3.05, 3.63) is 0 Å². The zero-order valence-corrected chi connectivity index (χ0v) is 10.2. The number of rotatable bonds is 6. The first-order valence-corrected chi connectivity index (χ1v) is 5.92. The van der Waals surface area contributed by atoms with Gasteiger partial charge in [0.05, 0.1) is 0 Å². The van der Waals surface area contributed by atoms with Gasteiger partial charge in [-0.2, -0.15) is 0 Å². The van der Waals surface area contributed by atoms with E-state index in [1.807, 2.05) is 0 Å². The lowest BCUT2D eigenvalue weighted by molar-refractivity contribution is -0.139. The van der Waals surface area contributed by atoms with Crippen molar-refractivity contribution in [1.82, 2.24) is 15.5 Å². The van der Waals surface area contributed by atoms with Crippen LogP contribution in [0.25, 0.3) is 0 Å². The topological polar surface area (TPSA) is 64.6 Å². The van der Waals surface area contributed by atoms with E-state index >= 15 is 0 Å². The van der Waals surface area contributed by atoms with Gasteiger partial charge >= 0.3 is 5.97 Å². The summed E-state index contributed by atoms with van der Waals surface area (Å²) in [6.45, 7) is 3.74. The highest BCUT2D eigenvalue weighted by atomic mass is 16.4. The van der Waals surface area contributed by atoms with Gasteiger partial charge in [0, 0.05) is 6.54 Å². The molecule has 0 aliphatic carbocycles. The summed E-state index contributed by atoms with van der Waals surface area (Å²) in [5.41, 5.74) is 0. The van der Waals surface area contributed by atoms with Gasteiger partial charge in [0.25, 0.3) is 0 Å². The van der Waals surface area contributed by atoms with Gasteiger partial charge in [-0.1, -0.05) is 0 Å². The molecule has 0 radical (unpaired) electrons. The lowest BCUT2D eigenvalue weighted by Gasteiger charge is -2.29. The highest BCUT2D eigenvalue weighted by Gasteiger charge is 2.18. The number of likely N-dealkylation sites (tertiary alicyclic amines) is 1. The van der Waals surface area contributed by atoms with Gasteiger partial charge in [0.1, 0.15) is 6.04 Å². The van der Waals surface area contributed by atoms with E-state index in [1.54, 1.807) is 7.05 Å². The molecular formula is C11H23N3O2. The summed E-state index contributed by atoms with van der Waals surface area (Å²) < 4.78 is 0. The lowest BCUT2D eigenvalue weighted by Crippen LogP contribution is -2.44. The third kappa shape index (κ3) is 4.47. The molecule has 94 valence electrons. The first-order chi connectivity index (χ1) is 7.63. The van der Waals surface area contributed by atoms with Gasteiger partial charge in [-0.05, 0) is 52.5 Å². The standard InChI is InChI=1S/C11H23N3O2/c1-12-10(11(15)16)8-13-7-9-3-5-14(2)6-4-9/h9-10,12-13H,3-8H2,1-2H3,(H,15,16). The molecule has 1 aliphatic rings. The molecule has 1 atom stereocenters. The Balaban J connectivity index is 2.12. The van der Waals surface area contributed by atoms with Crippen LogP contribution in [0.3, 0.4) is 0 Å². The fraction of sp³-hybridized carbons (Fsp3) is 0.909. The maximum Gasteiger partial charge on any atom is 0.322 e. The van der Waals surface area contributed by atoms with Gasteiger partial charge in [-0.3, -0.25) is 4.79 Å². The molecule has 0 bridgehead atoms. The van der Waals surface area contributed by atoms with Crippen molar-refractivity contribution in [3.8, 4) is 0 Å². The van der Waals surface area contributed by atoms with E-state index in [9.17, 15) is 4.79 Å². The maximum atomic E-state index is 10.7. The molecule has 1 heterocycles. The number of nitrogens with zero attached hydrogens (tertiary/aromatic N) is 1. The number of hydrogen-bond acceptors (Lipinski definition) is 4. The smallest absolute Gasteiger partial charge is 0.322 e. The molecule has 0 spiro atoms. The average molecular weight is 229 g/mol. The van der Waals surface area contributed by atoms with E-state index in [-0.39, 0.29) is 0 Å². The Morgan fingerprint density at radius 3 is 2.62 bits per heavy atom. The first kappa shape index (κ1) is 13.4. The summed E-state index contributed by atoms with van der Waals surface area (Å²) in [4.78, 5) is 13.1. The van der Waals surface area contributed by atoms with Gasteiger partial charge in [0.15, 0.2) is 0 Å². The van der Waals surface area contributed by atoms with Crippen LogP contribution in [0, 0.1) is 5.92 Å². The number of nitrogens with one attached hydrogen (secondary N) is 2. The quantitative estimate of drug-likeness (QED) is 0.578. The highest BCUT2D eigenvalue weighted by Crippen LogP contribution is 2.14. The minimum atomic E-state index is -0.793. The molecule has 0 aromatic rings. The molecule has 16 heavy (non-hydrogen) atoms. The minimum Gasteiger partial charge on any atom is -0.480 e. The van der Waals surface area contributed by atoms with Crippen LogP contribution in [0.1, 0.15) is 12.8 Å². The second kappa shape index (κ2) is 6.83. The average Bonchev–Trinajstić information content (AvgIpc) is 2.26. The normalized spacial score (nSPS) is 20.9. The number of piperidine rings is 1. The maximum absolute atomic E-state index is 10.7. The zero-order valence-electron chi connectivity index (χ0n) is 10.2. The van der Waals surface area contributed by atoms with Gasteiger partial charge < -0.3 is 20.6 Å². The number of carbonyl (C=O) groups is 1. The van der Waals surface area contributed by atoms with Crippen LogP contribution in [-0.2, 0) is 4.79 Å². The number of hydrogen-bond donors (Lipinski definition) is 3. The Kier molecular flexibility index (Phi) is 5.73. The monoisotopic (exact) mass is 229 g/mol. The van der Waals surface area contributed by atoms with E-state index in [0.717, 1.165) is 19.6 Å². The summed E-state index contributed by atoms with van der Waals surface area (Å²) in [5.74, 6) is -0.0964. The predicted molar refractivity (Wildman–Crippen MR) is 63.6 cm³/mol. The van der Waals surface area contributed by atoms with Crippen LogP contribution in [0.15, 0.2) is 0 Å². The highest BCUT2D eigenvalue weighted by molar-refractivity contribution is 5.73. The Morgan fingerprint density at radius 1 is 1.50 bits per heavy atom. The molecule has 1 saturated heterocycles.